The minimum absolute atomic E-state index is 0.0304. The molecule has 0 bridgehead atoms. The summed E-state index contributed by atoms with van der Waals surface area (Å²) in [4.78, 5) is 0. The summed E-state index contributed by atoms with van der Waals surface area (Å²) >= 11 is 0. The van der Waals surface area contributed by atoms with Crippen molar-refractivity contribution in [3.8, 4) is 0 Å². The minimum Gasteiger partial charge on any atom is -0.314 e. The van der Waals surface area contributed by atoms with Gasteiger partial charge >= 0.3 is 0 Å². The summed E-state index contributed by atoms with van der Waals surface area (Å²) in [6, 6.07) is 7.86. The van der Waals surface area contributed by atoms with E-state index in [0.29, 0.717) is 12.0 Å². The van der Waals surface area contributed by atoms with Crippen molar-refractivity contribution in [1.82, 2.24) is 5.32 Å². The van der Waals surface area contributed by atoms with Gasteiger partial charge in [-0.3, -0.25) is 0 Å². The first kappa shape index (κ1) is 14.1. The van der Waals surface area contributed by atoms with E-state index in [9.17, 15) is 4.39 Å². The number of halogens is 1. The quantitative estimate of drug-likeness (QED) is 0.746. The van der Waals surface area contributed by atoms with Gasteiger partial charge in [0.05, 0.1) is 0 Å². The second-order valence-electron chi connectivity index (χ2n) is 6.63. The van der Waals surface area contributed by atoms with Gasteiger partial charge in [-0.15, -0.1) is 0 Å². The Hall–Kier alpha value is -0.890. The molecule has 0 atom stereocenters. The normalized spacial score (nSPS) is 26.6. The molecule has 0 unspecified atom stereocenters. The van der Waals surface area contributed by atoms with Crippen molar-refractivity contribution in [3.63, 3.8) is 0 Å². The smallest absolute Gasteiger partial charge is 0.126 e. The van der Waals surface area contributed by atoms with Gasteiger partial charge in [0.25, 0.3) is 0 Å². The van der Waals surface area contributed by atoms with E-state index in [1.165, 1.54) is 38.5 Å². The fourth-order valence-corrected chi connectivity index (χ4v) is 3.84. The molecule has 110 valence electrons. The molecule has 20 heavy (non-hydrogen) atoms. The summed E-state index contributed by atoms with van der Waals surface area (Å²) in [5.41, 5.74) is 0.913. The molecule has 0 amide bonds. The molecule has 0 aliphatic heterocycles. The molecule has 1 aromatic carbocycles. The van der Waals surface area contributed by atoms with E-state index in [2.05, 4.69) is 5.32 Å². The SMILES string of the molecule is Fc1ccccc1C1CC(NCCCC2CCCC2)C1. The van der Waals surface area contributed by atoms with Gasteiger partial charge in [-0.25, -0.2) is 4.39 Å². The molecular weight excluding hydrogens is 249 g/mol. The zero-order valence-electron chi connectivity index (χ0n) is 12.3. The summed E-state index contributed by atoms with van der Waals surface area (Å²) in [5.74, 6) is 1.41. The zero-order valence-corrected chi connectivity index (χ0v) is 12.3. The molecule has 1 aromatic rings. The maximum Gasteiger partial charge on any atom is 0.126 e. The lowest BCUT2D eigenvalue weighted by molar-refractivity contribution is 0.282. The summed E-state index contributed by atoms with van der Waals surface area (Å²) in [6.07, 6.45) is 10.7. The van der Waals surface area contributed by atoms with Crippen LogP contribution >= 0.6 is 0 Å². The van der Waals surface area contributed by atoms with Crippen molar-refractivity contribution in [1.29, 1.82) is 0 Å². The number of hydrogen-bond donors (Lipinski definition) is 1. The third-order valence-corrected chi connectivity index (χ3v) is 5.18. The van der Waals surface area contributed by atoms with E-state index in [4.69, 9.17) is 0 Å². The summed E-state index contributed by atoms with van der Waals surface area (Å²) in [5, 5.41) is 3.64. The highest BCUT2D eigenvalue weighted by Gasteiger charge is 2.31. The highest BCUT2D eigenvalue weighted by Crippen LogP contribution is 2.38. The molecule has 1 N–H and O–H groups in total. The van der Waals surface area contributed by atoms with Gasteiger partial charge in [-0.2, -0.15) is 0 Å². The van der Waals surface area contributed by atoms with Crippen LogP contribution < -0.4 is 5.32 Å². The van der Waals surface area contributed by atoms with Gasteiger partial charge in [0.1, 0.15) is 5.82 Å². The van der Waals surface area contributed by atoms with E-state index in [1.807, 2.05) is 12.1 Å². The Kier molecular flexibility index (Phi) is 4.72. The molecule has 2 fully saturated rings. The standard InChI is InChI=1S/C18H26FN/c19-18-10-4-3-9-17(18)15-12-16(13-15)20-11-5-8-14-6-1-2-7-14/h3-4,9-10,14-16,20H,1-2,5-8,11-13H2. The molecule has 2 saturated carbocycles. The average molecular weight is 275 g/mol. The lowest BCUT2D eigenvalue weighted by Crippen LogP contribution is -2.40. The zero-order chi connectivity index (χ0) is 13.8. The third kappa shape index (κ3) is 3.41. The Balaban J connectivity index is 1.31. The van der Waals surface area contributed by atoms with Gasteiger partial charge in [0.2, 0.25) is 0 Å². The lowest BCUT2D eigenvalue weighted by atomic mass is 9.75. The third-order valence-electron chi connectivity index (χ3n) is 5.18. The number of hydrogen-bond acceptors (Lipinski definition) is 1. The summed E-state index contributed by atoms with van der Waals surface area (Å²) in [6.45, 7) is 1.14. The Morgan fingerprint density at radius 1 is 1.10 bits per heavy atom. The van der Waals surface area contributed by atoms with Gasteiger partial charge in [0, 0.05) is 6.04 Å². The first-order valence-electron chi connectivity index (χ1n) is 8.30. The number of benzene rings is 1. The van der Waals surface area contributed by atoms with Crippen molar-refractivity contribution in [2.24, 2.45) is 5.92 Å². The van der Waals surface area contributed by atoms with Gasteiger partial charge in [-0.1, -0.05) is 43.9 Å². The minimum atomic E-state index is -0.0304. The van der Waals surface area contributed by atoms with Gasteiger partial charge in [-0.05, 0) is 55.7 Å². The largest absolute Gasteiger partial charge is 0.314 e. The van der Waals surface area contributed by atoms with Crippen molar-refractivity contribution in [3.05, 3.63) is 35.6 Å². The Morgan fingerprint density at radius 2 is 1.85 bits per heavy atom. The number of rotatable bonds is 6. The molecule has 1 nitrogen and oxygen atoms in total. The van der Waals surface area contributed by atoms with E-state index in [0.717, 1.165) is 30.9 Å². The molecule has 2 aliphatic rings. The number of nitrogens with one attached hydrogen (secondary N) is 1. The molecule has 0 radical (unpaired) electrons. The molecule has 0 heterocycles. The lowest BCUT2D eigenvalue weighted by Gasteiger charge is -2.36. The van der Waals surface area contributed by atoms with Crippen LogP contribution in [0.2, 0.25) is 0 Å². The summed E-state index contributed by atoms with van der Waals surface area (Å²) in [7, 11) is 0. The van der Waals surface area contributed by atoms with Crippen LogP contribution in [-0.4, -0.2) is 12.6 Å². The van der Waals surface area contributed by atoms with Crippen LogP contribution in [0.15, 0.2) is 24.3 Å². The first-order valence-corrected chi connectivity index (χ1v) is 8.30. The summed E-state index contributed by atoms with van der Waals surface area (Å²) < 4.78 is 13.6. The average Bonchev–Trinajstić information content (AvgIpc) is 2.91. The second-order valence-corrected chi connectivity index (χ2v) is 6.63. The Morgan fingerprint density at radius 3 is 2.60 bits per heavy atom. The maximum absolute atomic E-state index is 13.6. The predicted octanol–water partition coefficient (Wildman–Crippen LogP) is 4.63. The van der Waals surface area contributed by atoms with E-state index < -0.39 is 0 Å². The van der Waals surface area contributed by atoms with Crippen LogP contribution in [0.25, 0.3) is 0 Å². The molecule has 2 heteroatoms. The monoisotopic (exact) mass is 275 g/mol. The van der Waals surface area contributed by atoms with Crippen LogP contribution in [0.1, 0.15) is 62.8 Å². The molecule has 3 rings (SSSR count). The predicted molar refractivity (Wildman–Crippen MR) is 81.4 cm³/mol. The Bertz CT molecular complexity index is 419. The van der Waals surface area contributed by atoms with Gasteiger partial charge in [0.15, 0.2) is 0 Å². The highest BCUT2D eigenvalue weighted by molar-refractivity contribution is 5.24. The van der Waals surface area contributed by atoms with Crippen LogP contribution in [0.5, 0.6) is 0 Å². The second kappa shape index (κ2) is 6.71. The Labute approximate surface area is 122 Å². The molecule has 0 saturated heterocycles. The van der Waals surface area contributed by atoms with Crippen LogP contribution in [0.4, 0.5) is 4.39 Å². The fourth-order valence-electron chi connectivity index (χ4n) is 3.84. The van der Waals surface area contributed by atoms with Crippen LogP contribution in [0, 0.1) is 11.7 Å². The van der Waals surface area contributed by atoms with Crippen molar-refractivity contribution in [2.45, 2.75) is 63.3 Å². The van der Waals surface area contributed by atoms with E-state index in [-0.39, 0.29) is 5.82 Å². The van der Waals surface area contributed by atoms with E-state index in [1.54, 1.807) is 12.1 Å². The van der Waals surface area contributed by atoms with Crippen molar-refractivity contribution >= 4 is 0 Å². The van der Waals surface area contributed by atoms with Crippen molar-refractivity contribution < 1.29 is 4.39 Å². The molecular formula is C18H26FN. The highest BCUT2D eigenvalue weighted by atomic mass is 19.1. The van der Waals surface area contributed by atoms with E-state index >= 15 is 0 Å². The maximum atomic E-state index is 13.6. The van der Waals surface area contributed by atoms with Crippen molar-refractivity contribution in [2.75, 3.05) is 6.54 Å². The van der Waals surface area contributed by atoms with Crippen LogP contribution in [0.3, 0.4) is 0 Å². The topological polar surface area (TPSA) is 12.0 Å². The molecule has 0 aromatic heterocycles. The first-order chi connectivity index (χ1) is 9.83. The van der Waals surface area contributed by atoms with Gasteiger partial charge < -0.3 is 5.32 Å². The fraction of sp³-hybridized carbons (Fsp3) is 0.667. The molecule has 0 spiro atoms. The van der Waals surface area contributed by atoms with Crippen LogP contribution in [-0.2, 0) is 0 Å². The molecule has 2 aliphatic carbocycles.